The Balaban J connectivity index is 1.74. The van der Waals surface area contributed by atoms with Crippen molar-refractivity contribution in [2.24, 2.45) is 7.05 Å². The third-order valence-corrected chi connectivity index (χ3v) is 5.28. The highest BCUT2D eigenvalue weighted by Crippen LogP contribution is 2.28. The first-order valence-electron chi connectivity index (χ1n) is 8.39. The van der Waals surface area contributed by atoms with Crippen molar-refractivity contribution in [1.29, 1.82) is 0 Å². The van der Waals surface area contributed by atoms with Gasteiger partial charge in [-0.25, -0.2) is 0 Å². The van der Waals surface area contributed by atoms with Crippen LogP contribution < -0.4 is 5.32 Å². The summed E-state index contributed by atoms with van der Waals surface area (Å²) in [5.74, 6) is 1.13. The van der Waals surface area contributed by atoms with E-state index in [2.05, 4.69) is 15.5 Å². The van der Waals surface area contributed by atoms with Gasteiger partial charge in [0.05, 0.1) is 22.8 Å². The fraction of sp³-hybridized carbons (Fsp3) is 0.263. The summed E-state index contributed by atoms with van der Waals surface area (Å²) in [5, 5.41) is 11.4. The summed E-state index contributed by atoms with van der Waals surface area (Å²) in [6.45, 7) is 5.12. The van der Waals surface area contributed by atoms with E-state index in [1.54, 1.807) is 37.5 Å². The fourth-order valence-corrected chi connectivity index (χ4v) is 3.43. The molecule has 0 radical (unpaired) electrons. The minimum absolute atomic E-state index is 0.0976. The molecule has 2 heterocycles. The molecule has 1 amide bonds. The Morgan fingerprint density at radius 1 is 1.22 bits per heavy atom. The first-order valence-corrected chi connectivity index (χ1v) is 9.27. The number of rotatable bonds is 6. The molecule has 1 atom stereocenters. The van der Waals surface area contributed by atoms with Gasteiger partial charge in [0, 0.05) is 12.6 Å². The molecule has 0 saturated carbocycles. The summed E-state index contributed by atoms with van der Waals surface area (Å²) >= 11 is 1.30. The molecule has 0 aliphatic carbocycles. The molecule has 0 bridgehead atoms. The molecule has 2 aromatic heterocycles. The van der Waals surface area contributed by atoms with Crippen LogP contribution in [0.3, 0.4) is 0 Å². The second-order valence-corrected chi connectivity index (χ2v) is 7.41. The molecule has 27 heavy (non-hydrogen) atoms. The first kappa shape index (κ1) is 18.9. The summed E-state index contributed by atoms with van der Waals surface area (Å²) in [4.78, 5) is 24.3. The molecule has 3 aromatic rings. The number of ketones is 1. The number of anilines is 1. The molecule has 0 saturated heterocycles. The number of nitrogens with one attached hydrogen (secondary N) is 1. The molecule has 0 unspecified atom stereocenters. The molecule has 8 heteroatoms. The van der Waals surface area contributed by atoms with Crippen LogP contribution in [0.4, 0.5) is 5.69 Å². The number of Topliss-reactive ketones (excluding diaryl/α,β-unsaturated/α-hetero) is 1. The van der Waals surface area contributed by atoms with Crippen molar-refractivity contribution in [1.82, 2.24) is 14.8 Å². The second kappa shape index (κ2) is 7.79. The molecular formula is C19H20N4O3S. The zero-order valence-corrected chi connectivity index (χ0v) is 16.3. The van der Waals surface area contributed by atoms with E-state index in [4.69, 9.17) is 4.42 Å². The smallest absolute Gasteiger partial charge is 0.237 e. The lowest BCUT2D eigenvalue weighted by Crippen LogP contribution is -2.23. The highest BCUT2D eigenvalue weighted by Gasteiger charge is 2.21. The molecule has 0 aliphatic rings. The molecule has 0 fully saturated rings. The average molecular weight is 384 g/mol. The van der Waals surface area contributed by atoms with Crippen molar-refractivity contribution < 1.29 is 14.0 Å². The van der Waals surface area contributed by atoms with Crippen LogP contribution in [0.1, 0.15) is 30.0 Å². The van der Waals surface area contributed by atoms with E-state index in [9.17, 15) is 9.59 Å². The Morgan fingerprint density at radius 2 is 1.96 bits per heavy atom. The van der Waals surface area contributed by atoms with Crippen LogP contribution in [-0.2, 0) is 11.8 Å². The monoisotopic (exact) mass is 384 g/mol. The predicted molar refractivity (Wildman–Crippen MR) is 104 cm³/mol. The Hall–Kier alpha value is -2.87. The van der Waals surface area contributed by atoms with Crippen LogP contribution in [0.15, 0.2) is 46.2 Å². The molecule has 1 aromatic carbocycles. The fourth-order valence-electron chi connectivity index (χ4n) is 2.61. The van der Waals surface area contributed by atoms with Crippen LogP contribution in [0.5, 0.6) is 0 Å². The van der Waals surface area contributed by atoms with E-state index in [0.29, 0.717) is 22.2 Å². The molecule has 0 spiro atoms. The Morgan fingerprint density at radius 3 is 2.63 bits per heavy atom. The van der Waals surface area contributed by atoms with Gasteiger partial charge >= 0.3 is 0 Å². The Labute approximate surface area is 161 Å². The van der Waals surface area contributed by atoms with Gasteiger partial charge < -0.3 is 14.3 Å². The summed E-state index contributed by atoms with van der Waals surface area (Å²) < 4.78 is 7.15. The summed E-state index contributed by atoms with van der Waals surface area (Å²) in [5.41, 5.74) is 1.86. The molecule has 7 nitrogen and oxygen atoms in total. The Kier molecular flexibility index (Phi) is 5.46. The third-order valence-electron chi connectivity index (χ3n) is 4.15. The van der Waals surface area contributed by atoms with Gasteiger partial charge in [-0.1, -0.05) is 23.9 Å². The highest BCUT2D eigenvalue weighted by atomic mass is 32.2. The van der Waals surface area contributed by atoms with E-state index in [0.717, 1.165) is 11.3 Å². The van der Waals surface area contributed by atoms with Crippen molar-refractivity contribution in [3.63, 3.8) is 0 Å². The number of para-hydroxylation sites is 1. The number of aryl methyl sites for hydroxylation is 1. The zero-order valence-electron chi connectivity index (χ0n) is 15.5. The molecular weight excluding hydrogens is 364 g/mol. The van der Waals surface area contributed by atoms with Gasteiger partial charge in [0.2, 0.25) is 5.91 Å². The van der Waals surface area contributed by atoms with Crippen molar-refractivity contribution in [2.75, 3.05) is 5.32 Å². The number of benzene rings is 1. The first-order chi connectivity index (χ1) is 12.9. The van der Waals surface area contributed by atoms with Gasteiger partial charge in [-0.2, -0.15) is 0 Å². The maximum Gasteiger partial charge on any atom is 0.237 e. The summed E-state index contributed by atoms with van der Waals surface area (Å²) in [7, 11) is 1.85. The van der Waals surface area contributed by atoms with Crippen LogP contribution in [0.25, 0.3) is 11.4 Å². The number of hydrogen-bond donors (Lipinski definition) is 1. The van der Waals surface area contributed by atoms with Gasteiger partial charge in [0.25, 0.3) is 0 Å². The van der Waals surface area contributed by atoms with Crippen LogP contribution in [-0.4, -0.2) is 31.7 Å². The quantitative estimate of drug-likeness (QED) is 0.515. The maximum atomic E-state index is 12.6. The molecule has 1 N–H and O–H groups in total. The minimum Gasteiger partial charge on any atom is -0.469 e. The number of amides is 1. The highest BCUT2D eigenvalue weighted by molar-refractivity contribution is 8.00. The van der Waals surface area contributed by atoms with E-state index < -0.39 is 5.25 Å². The normalized spacial score (nSPS) is 12.0. The lowest BCUT2D eigenvalue weighted by molar-refractivity contribution is -0.115. The van der Waals surface area contributed by atoms with Gasteiger partial charge in [0.15, 0.2) is 16.8 Å². The lowest BCUT2D eigenvalue weighted by atomic mass is 10.1. The number of aromatic nitrogens is 3. The number of nitrogens with zero attached hydrogens (tertiary/aromatic N) is 3. The van der Waals surface area contributed by atoms with Crippen LogP contribution >= 0.6 is 11.8 Å². The molecule has 3 rings (SSSR count). The largest absolute Gasteiger partial charge is 0.469 e. The second-order valence-electron chi connectivity index (χ2n) is 6.11. The molecule has 0 aliphatic heterocycles. The van der Waals surface area contributed by atoms with Crippen molar-refractivity contribution >= 4 is 29.1 Å². The van der Waals surface area contributed by atoms with E-state index in [1.807, 2.05) is 24.6 Å². The maximum absolute atomic E-state index is 12.6. The topological polar surface area (TPSA) is 90.0 Å². The van der Waals surface area contributed by atoms with E-state index in [-0.39, 0.29) is 11.7 Å². The SMILES string of the molecule is CC(=O)c1ccccc1NC(=O)[C@H](C)Sc1nnc(-c2ccoc2C)n1C. The van der Waals surface area contributed by atoms with Gasteiger partial charge in [0.1, 0.15) is 5.76 Å². The van der Waals surface area contributed by atoms with E-state index in [1.165, 1.54) is 18.7 Å². The number of carbonyl (C=O) groups excluding carboxylic acids is 2. The summed E-state index contributed by atoms with van der Waals surface area (Å²) in [6, 6.07) is 8.79. The molecule has 140 valence electrons. The van der Waals surface area contributed by atoms with Gasteiger partial charge in [-0.3, -0.25) is 9.59 Å². The third kappa shape index (κ3) is 3.95. The number of hydrogen-bond acceptors (Lipinski definition) is 6. The van der Waals surface area contributed by atoms with Crippen molar-refractivity contribution in [2.45, 2.75) is 31.2 Å². The minimum atomic E-state index is -0.425. The predicted octanol–water partition coefficient (Wildman–Crippen LogP) is 3.71. The lowest BCUT2D eigenvalue weighted by Gasteiger charge is -2.13. The van der Waals surface area contributed by atoms with Crippen LogP contribution in [0.2, 0.25) is 0 Å². The van der Waals surface area contributed by atoms with Crippen LogP contribution in [0, 0.1) is 6.92 Å². The zero-order chi connectivity index (χ0) is 19.6. The Bertz CT molecular complexity index is 993. The van der Waals surface area contributed by atoms with Crippen molar-refractivity contribution in [3.8, 4) is 11.4 Å². The van der Waals surface area contributed by atoms with Gasteiger partial charge in [-0.15, -0.1) is 10.2 Å². The standard InChI is InChI=1S/C19H20N4O3S/c1-11(24)14-7-5-6-8-16(14)20-18(25)13(3)27-19-22-21-17(23(19)4)15-9-10-26-12(15)2/h5-10,13H,1-4H3,(H,20,25)/t13-/m0/s1. The summed E-state index contributed by atoms with van der Waals surface area (Å²) in [6.07, 6.45) is 1.61. The van der Waals surface area contributed by atoms with Gasteiger partial charge in [-0.05, 0) is 39.0 Å². The number of thioether (sulfide) groups is 1. The van der Waals surface area contributed by atoms with E-state index >= 15 is 0 Å². The number of carbonyl (C=O) groups is 2. The average Bonchev–Trinajstić information content (AvgIpc) is 3.21. The van der Waals surface area contributed by atoms with Crippen molar-refractivity contribution in [3.05, 3.63) is 47.9 Å². The number of furan rings is 1.